The Balaban J connectivity index is 0.00000256. The molecule has 5 heteroatoms. The van der Waals surface area contributed by atoms with E-state index in [1.807, 2.05) is 13.8 Å². The van der Waals surface area contributed by atoms with Crippen molar-refractivity contribution in [1.82, 2.24) is 0 Å². The molecule has 2 N–H and O–H groups in total. The van der Waals surface area contributed by atoms with Crippen LogP contribution in [0.25, 0.3) is 5.32 Å². The van der Waals surface area contributed by atoms with E-state index in [4.69, 9.17) is 10.2 Å². The number of hydrogen-bond acceptors (Lipinski definition) is 3. The van der Waals surface area contributed by atoms with Gasteiger partial charge in [-0.25, -0.2) is 0 Å². The van der Waals surface area contributed by atoms with Crippen molar-refractivity contribution >= 4 is 5.91 Å². The van der Waals surface area contributed by atoms with E-state index in [2.05, 4.69) is 5.32 Å². The van der Waals surface area contributed by atoms with Gasteiger partial charge in [0.1, 0.15) is 0 Å². The second-order valence-electron chi connectivity index (χ2n) is 3.83. The third kappa shape index (κ3) is 5.00. The Morgan fingerprint density at radius 2 is 1.82 bits per heavy atom. The van der Waals surface area contributed by atoms with Crippen molar-refractivity contribution in [3.05, 3.63) is 40.2 Å². The molecule has 1 amide bonds. The van der Waals surface area contributed by atoms with Crippen LogP contribution in [0.5, 0.6) is 0 Å². The van der Waals surface area contributed by atoms with E-state index in [1.54, 1.807) is 18.2 Å². The van der Waals surface area contributed by atoms with E-state index >= 15 is 0 Å². The van der Waals surface area contributed by atoms with Crippen LogP contribution in [0.3, 0.4) is 0 Å². The van der Waals surface area contributed by atoms with Crippen LogP contribution in [0.1, 0.15) is 35.3 Å². The Bertz CT molecular complexity index is 380. The normalized spacial score (nSPS) is 9.94. The summed E-state index contributed by atoms with van der Waals surface area (Å²) in [4.78, 5) is 11.6. The molecule has 1 aromatic carbocycles. The number of benzene rings is 1. The van der Waals surface area contributed by atoms with Gasteiger partial charge in [0.25, 0.3) is 0 Å². The third-order valence-electron chi connectivity index (χ3n) is 2.17. The minimum atomic E-state index is -0.297. The summed E-state index contributed by atoms with van der Waals surface area (Å²) < 4.78 is 0. The molecule has 1 radical (unpaired) electrons. The van der Waals surface area contributed by atoms with Gasteiger partial charge in [0.2, 0.25) is 0 Å². The molecule has 0 saturated heterocycles. The Morgan fingerprint density at radius 1 is 1.24 bits per heavy atom. The van der Waals surface area contributed by atoms with Crippen LogP contribution in [0.2, 0.25) is 0 Å². The van der Waals surface area contributed by atoms with E-state index < -0.39 is 0 Å². The number of nitrogens with zero attached hydrogens (tertiary/aromatic N) is 1. The minimum absolute atomic E-state index is 0. The molecule has 0 bridgehead atoms. The number of carbonyl (C=O) groups is 1. The molecular formula is C12H16NO3Pr-. The van der Waals surface area contributed by atoms with Crippen molar-refractivity contribution in [3.8, 4) is 0 Å². The summed E-state index contributed by atoms with van der Waals surface area (Å²) >= 11 is 0. The zero-order chi connectivity index (χ0) is 12.1. The zero-order valence-corrected chi connectivity index (χ0v) is 13.8. The smallest absolute Gasteiger partial charge is 0.0822 e. The first-order valence-electron chi connectivity index (χ1n) is 5.17. The largest absolute Gasteiger partial charge is 0.647 e. The Morgan fingerprint density at radius 3 is 2.29 bits per heavy atom. The van der Waals surface area contributed by atoms with Crippen molar-refractivity contribution in [2.45, 2.75) is 33.1 Å². The summed E-state index contributed by atoms with van der Waals surface area (Å²) in [6, 6.07) is 4.76. The second kappa shape index (κ2) is 8.14. The molecule has 0 unspecified atom stereocenters. The van der Waals surface area contributed by atoms with E-state index in [9.17, 15) is 4.79 Å². The van der Waals surface area contributed by atoms with Gasteiger partial charge in [-0.1, -0.05) is 26.0 Å². The molecule has 17 heavy (non-hydrogen) atoms. The maximum Gasteiger partial charge on any atom is 0.0822 e. The molecule has 0 fully saturated rings. The molecule has 0 aromatic heterocycles. The summed E-state index contributed by atoms with van der Waals surface area (Å²) in [5.41, 5.74) is 1.63. The monoisotopic (exact) mass is 363 g/mol. The van der Waals surface area contributed by atoms with Crippen molar-refractivity contribution in [2.75, 3.05) is 0 Å². The first-order chi connectivity index (χ1) is 7.58. The number of carbonyl (C=O) groups excluding carboxylic acids is 1. The number of aliphatic hydroxyl groups is 2. The van der Waals surface area contributed by atoms with E-state index in [0.29, 0.717) is 16.7 Å². The summed E-state index contributed by atoms with van der Waals surface area (Å²) in [7, 11) is 0. The van der Waals surface area contributed by atoms with Crippen LogP contribution >= 0.6 is 0 Å². The standard InChI is InChI=1S/C12H17NO3.Pr/c1-8(2)13-12(16)9-3-4-10(6-14)11(5-9)7-15;/h3-5,8,14-15H,6-7H2,1-2H3,(H,13,16);/p-1. The number of amides is 1. The quantitative estimate of drug-likeness (QED) is 0.854. The van der Waals surface area contributed by atoms with Crippen LogP contribution in [0.4, 0.5) is 0 Å². The molecule has 0 aliphatic heterocycles. The van der Waals surface area contributed by atoms with E-state index in [0.717, 1.165) is 0 Å². The maximum absolute atomic E-state index is 11.6. The van der Waals surface area contributed by atoms with Crippen molar-refractivity contribution in [3.63, 3.8) is 0 Å². The van der Waals surface area contributed by atoms with Gasteiger partial charge in [0.05, 0.1) is 19.1 Å². The first-order valence-corrected chi connectivity index (χ1v) is 5.17. The van der Waals surface area contributed by atoms with Gasteiger partial charge in [-0.15, -0.1) is 6.04 Å². The summed E-state index contributed by atoms with van der Waals surface area (Å²) in [5, 5.41) is 22.0. The third-order valence-corrected chi connectivity index (χ3v) is 2.17. The van der Waals surface area contributed by atoms with Crippen LogP contribution in [0.15, 0.2) is 18.2 Å². The van der Waals surface area contributed by atoms with Crippen LogP contribution in [-0.4, -0.2) is 22.2 Å². The molecule has 0 saturated carbocycles. The molecule has 1 aromatic rings. The predicted octanol–water partition coefficient (Wildman–Crippen LogP) is 1.59. The molecule has 0 heterocycles. The molecule has 0 spiro atoms. The molecular weight excluding hydrogens is 347 g/mol. The van der Waals surface area contributed by atoms with Gasteiger partial charge in [-0.2, -0.15) is 0 Å². The van der Waals surface area contributed by atoms with Crippen molar-refractivity contribution in [1.29, 1.82) is 0 Å². The molecule has 1 rings (SSSR count). The topological polar surface area (TPSA) is 71.6 Å². The van der Waals surface area contributed by atoms with Gasteiger partial charge >= 0.3 is 0 Å². The fourth-order valence-corrected chi connectivity index (χ4v) is 1.37. The van der Waals surface area contributed by atoms with E-state index in [-0.39, 0.29) is 66.5 Å². The Labute approximate surface area is 134 Å². The number of aliphatic hydroxyl groups excluding tert-OH is 2. The van der Waals surface area contributed by atoms with Crippen molar-refractivity contribution < 1.29 is 56.3 Å². The minimum Gasteiger partial charge on any atom is -0.647 e. The molecule has 0 atom stereocenters. The van der Waals surface area contributed by atoms with Crippen molar-refractivity contribution in [2.24, 2.45) is 0 Å². The molecule has 4 nitrogen and oxygen atoms in total. The van der Waals surface area contributed by atoms with Crippen LogP contribution in [-0.2, 0) is 13.2 Å². The fourth-order valence-electron chi connectivity index (χ4n) is 1.37. The Kier molecular flexibility index (Phi) is 8.13. The number of rotatable bonds is 4. The molecule has 0 aliphatic rings. The maximum atomic E-state index is 11.6. The summed E-state index contributed by atoms with van der Waals surface area (Å²) in [6.45, 7) is 3.31. The van der Waals surface area contributed by atoms with Gasteiger partial charge in [-0.05, 0) is 22.8 Å². The fraction of sp³-hybridized carbons (Fsp3) is 0.417. The van der Waals surface area contributed by atoms with Gasteiger partial charge < -0.3 is 20.3 Å². The molecule has 91 valence electrons. The van der Waals surface area contributed by atoms with E-state index in [1.165, 1.54) is 0 Å². The van der Waals surface area contributed by atoms with Gasteiger partial charge in [0, 0.05) is 41.3 Å². The summed E-state index contributed by atoms with van der Waals surface area (Å²) in [5.74, 6) is -0.297. The van der Waals surface area contributed by atoms with Crippen LogP contribution in [0, 0.1) is 41.3 Å². The van der Waals surface area contributed by atoms with Crippen LogP contribution < -0.4 is 0 Å². The summed E-state index contributed by atoms with van der Waals surface area (Å²) in [6.07, 6.45) is 0. The second-order valence-corrected chi connectivity index (χ2v) is 3.83. The van der Waals surface area contributed by atoms with Gasteiger partial charge in [0.15, 0.2) is 0 Å². The predicted molar refractivity (Wildman–Crippen MR) is 61.1 cm³/mol. The average molecular weight is 363 g/mol. The number of hydrogen-bond donors (Lipinski definition) is 2. The molecule has 0 aliphatic carbocycles. The first kappa shape index (κ1) is 17.0. The SMILES string of the molecule is CC(C)[N-]C(=O)c1ccc(CO)c(CO)c1.[Pr]. The Hall–Kier alpha value is -0.0264. The average Bonchev–Trinajstić information content (AvgIpc) is 2.27. The van der Waals surface area contributed by atoms with Gasteiger partial charge in [-0.3, -0.25) is 0 Å². The zero-order valence-electron chi connectivity index (χ0n) is 10.1.